The fourth-order valence-electron chi connectivity index (χ4n) is 3.10. The van der Waals surface area contributed by atoms with Gasteiger partial charge in [0.2, 0.25) is 0 Å². The minimum Gasteiger partial charge on any atom is -0.466 e. The van der Waals surface area contributed by atoms with Gasteiger partial charge in [0.05, 0.1) is 19.1 Å². The molecule has 1 fully saturated rings. The Morgan fingerprint density at radius 3 is 2.81 bits per heavy atom. The molecule has 1 N–H and O–H groups in total. The number of aryl methyl sites for hydroxylation is 1. The van der Waals surface area contributed by atoms with Crippen molar-refractivity contribution in [1.82, 2.24) is 20.0 Å². The third-order valence-corrected chi connectivity index (χ3v) is 4.25. The summed E-state index contributed by atoms with van der Waals surface area (Å²) in [6.07, 6.45) is -1.68. The number of guanidine groups is 1. The Balaban J connectivity index is 2.16. The second-order valence-corrected chi connectivity index (χ2v) is 6.38. The van der Waals surface area contributed by atoms with Gasteiger partial charge in [0.25, 0.3) is 0 Å². The van der Waals surface area contributed by atoms with Gasteiger partial charge in [-0.3, -0.25) is 9.48 Å². The van der Waals surface area contributed by atoms with Crippen LogP contribution in [0.1, 0.15) is 37.9 Å². The molecule has 0 spiro atoms. The summed E-state index contributed by atoms with van der Waals surface area (Å²) in [4.78, 5) is 18.3. The lowest BCUT2D eigenvalue weighted by Gasteiger charge is -2.34. The van der Waals surface area contributed by atoms with E-state index in [1.807, 2.05) is 11.8 Å². The quantitative estimate of drug-likeness (QED) is 0.475. The number of esters is 1. The highest BCUT2D eigenvalue weighted by atomic mass is 19.4. The monoisotopic (exact) mass is 389 g/mol. The number of rotatable bonds is 5. The molecule has 0 saturated carbocycles. The zero-order chi connectivity index (χ0) is 20.0. The molecule has 1 aromatic heterocycles. The first kappa shape index (κ1) is 21.0. The van der Waals surface area contributed by atoms with E-state index in [-0.39, 0.29) is 24.0 Å². The molecule has 1 aliphatic rings. The number of aromatic nitrogens is 2. The molecule has 7 nitrogen and oxygen atoms in total. The summed E-state index contributed by atoms with van der Waals surface area (Å²) in [5.41, 5.74) is -0.910. The fraction of sp³-hybridized carbons (Fsp3) is 0.706. The van der Waals surface area contributed by atoms with E-state index in [1.54, 1.807) is 6.92 Å². The standard InChI is InChI=1S/C17H26F3N5O2/c1-4-21-16(25-8-6-7-12(11-25)15(26)27-5-2)22-9-13-10-24(3)23-14(13)17(18,19)20/h10,12H,4-9,11H2,1-3H3,(H,21,22). The molecule has 2 rings (SSSR count). The van der Waals surface area contributed by atoms with Gasteiger partial charge in [-0.15, -0.1) is 0 Å². The lowest BCUT2D eigenvalue weighted by molar-refractivity contribution is -0.149. The second kappa shape index (κ2) is 9.09. The van der Waals surface area contributed by atoms with Crippen LogP contribution in [0, 0.1) is 5.92 Å². The number of piperidine rings is 1. The number of aliphatic imine (C=N–C) groups is 1. The van der Waals surface area contributed by atoms with E-state index in [0.29, 0.717) is 32.2 Å². The molecule has 0 aromatic carbocycles. The normalized spacial score (nSPS) is 18.5. The molecule has 1 aromatic rings. The van der Waals surface area contributed by atoms with Gasteiger partial charge in [0, 0.05) is 38.4 Å². The van der Waals surface area contributed by atoms with Gasteiger partial charge in [0.1, 0.15) is 0 Å². The Bertz CT molecular complexity index is 672. The molecule has 1 atom stereocenters. The minimum atomic E-state index is -4.52. The van der Waals surface area contributed by atoms with Crippen molar-refractivity contribution in [3.63, 3.8) is 0 Å². The van der Waals surface area contributed by atoms with Gasteiger partial charge < -0.3 is 15.0 Å². The van der Waals surface area contributed by atoms with Crippen molar-refractivity contribution in [2.24, 2.45) is 18.0 Å². The number of hydrogen-bond acceptors (Lipinski definition) is 4. The average molecular weight is 389 g/mol. The third kappa shape index (κ3) is 5.61. The first-order valence-electron chi connectivity index (χ1n) is 9.05. The van der Waals surface area contributed by atoms with Crippen LogP contribution in [0.4, 0.5) is 13.2 Å². The minimum absolute atomic E-state index is 0.0133. The Morgan fingerprint density at radius 1 is 1.44 bits per heavy atom. The number of nitrogens with zero attached hydrogens (tertiary/aromatic N) is 4. The highest BCUT2D eigenvalue weighted by molar-refractivity contribution is 5.81. The lowest BCUT2D eigenvalue weighted by atomic mass is 9.98. The van der Waals surface area contributed by atoms with Crippen molar-refractivity contribution in [2.75, 3.05) is 26.2 Å². The number of nitrogens with one attached hydrogen (secondary N) is 1. The maximum absolute atomic E-state index is 13.1. The highest BCUT2D eigenvalue weighted by Gasteiger charge is 2.37. The van der Waals surface area contributed by atoms with E-state index in [4.69, 9.17) is 4.74 Å². The number of likely N-dealkylation sites (tertiary alicyclic amines) is 1. The Kier molecular flexibility index (Phi) is 7.09. The molecule has 2 heterocycles. The molecular formula is C17H26F3N5O2. The van der Waals surface area contributed by atoms with Gasteiger partial charge >= 0.3 is 12.1 Å². The lowest BCUT2D eigenvalue weighted by Crippen LogP contribution is -2.48. The van der Waals surface area contributed by atoms with Crippen LogP contribution in [0.3, 0.4) is 0 Å². The largest absolute Gasteiger partial charge is 0.466 e. The highest BCUT2D eigenvalue weighted by Crippen LogP contribution is 2.31. The first-order valence-corrected chi connectivity index (χ1v) is 9.05. The summed E-state index contributed by atoms with van der Waals surface area (Å²) in [6, 6.07) is 0. The van der Waals surface area contributed by atoms with Crippen LogP contribution in [0.5, 0.6) is 0 Å². The molecule has 152 valence electrons. The Labute approximate surface area is 156 Å². The molecule has 0 bridgehead atoms. The van der Waals surface area contributed by atoms with Crippen molar-refractivity contribution in [3.05, 3.63) is 17.5 Å². The van der Waals surface area contributed by atoms with E-state index in [9.17, 15) is 18.0 Å². The van der Waals surface area contributed by atoms with Crippen LogP contribution >= 0.6 is 0 Å². The topological polar surface area (TPSA) is 71.8 Å². The van der Waals surface area contributed by atoms with E-state index in [2.05, 4.69) is 15.4 Å². The number of carbonyl (C=O) groups is 1. The van der Waals surface area contributed by atoms with Gasteiger partial charge in [-0.1, -0.05) is 0 Å². The third-order valence-electron chi connectivity index (χ3n) is 4.25. The first-order chi connectivity index (χ1) is 12.8. The van der Waals surface area contributed by atoms with Crippen LogP contribution in [0.15, 0.2) is 11.2 Å². The maximum Gasteiger partial charge on any atom is 0.435 e. The molecule has 0 aliphatic carbocycles. The molecule has 1 unspecified atom stereocenters. The smallest absolute Gasteiger partial charge is 0.435 e. The van der Waals surface area contributed by atoms with E-state index in [0.717, 1.165) is 17.5 Å². The molecule has 0 radical (unpaired) electrons. The van der Waals surface area contributed by atoms with E-state index in [1.165, 1.54) is 13.2 Å². The SMILES string of the molecule is CCNC(=NCc1cn(C)nc1C(F)(F)F)N1CCCC(C(=O)OCC)C1. The summed E-state index contributed by atoms with van der Waals surface area (Å²) in [7, 11) is 1.45. The average Bonchev–Trinajstić information content (AvgIpc) is 3.00. The number of hydrogen-bond donors (Lipinski definition) is 1. The fourth-order valence-corrected chi connectivity index (χ4v) is 3.10. The van der Waals surface area contributed by atoms with Crippen molar-refractivity contribution >= 4 is 11.9 Å². The predicted molar refractivity (Wildman–Crippen MR) is 94.0 cm³/mol. The molecule has 27 heavy (non-hydrogen) atoms. The zero-order valence-corrected chi connectivity index (χ0v) is 15.8. The maximum atomic E-state index is 13.1. The number of ether oxygens (including phenoxy) is 1. The van der Waals surface area contributed by atoms with E-state index >= 15 is 0 Å². The molecule has 1 aliphatic heterocycles. The summed E-state index contributed by atoms with van der Waals surface area (Å²) >= 11 is 0. The Hall–Kier alpha value is -2.26. The Morgan fingerprint density at radius 2 is 2.19 bits per heavy atom. The summed E-state index contributed by atoms with van der Waals surface area (Å²) in [6.45, 7) is 5.50. The summed E-state index contributed by atoms with van der Waals surface area (Å²) in [5.74, 6) is -0.0141. The van der Waals surface area contributed by atoms with Gasteiger partial charge in [0.15, 0.2) is 11.7 Å². The zero-order valence-electron chi connectivity index (χ0n) is 15.8. The molecule has 0 amide bonds. The predicted octanol–water partition coefficient (Wildman–Crippen LogP) is 2.18. The van der Waals surface area contributed by atoms with Crippen molar-refractivity contribution in [2.45, 2.75) is 39.4 Å². The van der Waals surface area contributed by atoms with Gasteiger partial charge in [-0.05, 0) is 26.7 Å². The van der Waals surface area contributed by atoms with Crippen LogP contribution < -0.4 is 5.32 Å². The summed E-state index contributed by atoms with van der Waals surface area (Å²) < 4.78 is 45.5. The van der Waals surface area contributed by atoms with Crippen molar-refractivity contribution < 1.29 is 22.7 Å². The van der Waals surface area contributed by atoms with Crippen molar-refractivity contribution in [1.29, 1.82) is 0 Å². The molecule has 1 saturated heterocycles. The molecular weight excluding hydrogens is 363 g/mol. The number of halogens is 3. The van der Waals surface area contributed by atoms with Crippen LogP contribution in [0.25, 0.3) is 0 Å². The van der Waals surface area contributed by atoms with Gasteiger partial charge in [-0.2, -0.15) is 18.3 Å². The number of carbonyl (C=O) groups excluding carboxylic acids is 1. The van der Waals surface area contributed by atoms with Gasteiger partial charge in [-0.25, -0.2) is 4.99 Å². The summed E-state index contributed by atoms with van der Waals surface area (Å²) in [5, 5.41) is 6.60. The molecule has 10 heteroatoms. The second-order valence-electron chi connectivity index (χ2n) is 6.38. The number of alkyl halides is 3. The van der Waals surface area contributed by atoms with Crippen LogP contribution in [-0.2, 0) is 29.3 Å². The van der Waals surface area contributed by atoms with Crippen LogP contribution in [-0.4, -0.2) is 52.9 Å². The van der Waals surface area contributed by atoms with Crippen molar-refractivity contribution in [3.8, 4) is 0 Å². The van der Waals surface area contributed by atoms with Crippen LogP contribution in [0.2, 0.25) is 0 Å². The van der Waals surface area contributed by atoms with E-state index < -0.39 is 11.9 Å².